The second-order valence-electron chi connectivity index (χ2n) is 24.2. The van der Waals surface area contributed by atoms with Crippen LogP contribution in [0.5, 0.6) is 0 Å². The molecule has 0 bridgehead atoms. The second-order valence-corrected chi connectivity index (χ2v) is 27.1. The molecule has 0 rings (SSSR count). The fourth-order valence-electron chi connectivity index (χ4n) is 9.68. The third kappa shape index (κ3) is 57.8. The Hall–Kier alpha value is -1.94. The highest BCUT2D eigenvalue weighted by Crippen LogP contribution is 2.45. The van der Waals surface area contributed by atoms with Crippen LogP contribution in [0.1, 0.15) is 324 Å². The fraction of sp³-hybridized carbons (Fsp3) is 0.938. The molecule has 0 saturated heterocycles. The van der Waals surface area contributed by atoms with Crippen molar-refractivity contribution < 1.29 is 80.2 Å². The van der Waals surface area contributed by atoms with Crippen LogP contribution in [-0.4, -0.2) is 96.7 Å². The van der Waals surface area contributed by atoms with Gasteiger partial charge in [-0.3, -0.25) is 37.3 Å². The number of aliphatic hydroxyl groups excluding tert-OH is 1. The fourth-order valence-corrected chi connectivity index (χ4v) is 11.3. The average molecular weight is 1240 g/mol. The Bertz CT molecular complexity index is 1650. The van der Waals surface area contributed by atoms with E-state index in [4.69, 9.17) is 37.0 Å². The SMILES string of the molecule is CCCCCCCCCCCC(=O)OC[C@H](COP(=O)(O)OC[C@H](O)COP(=O)(O)OC[C@@H](COC(=O)CCCCCCCCCCC(C)CC)OC(=O)CCCCCCCCCCCCCC(C)C)OC(=O)CCCCCCCCCCC. The Labute approximate surface area is 511 Å². The quantitative estimate of drug-likeness (QED) is 0.0222. The Morgan fingerprint density at radius 1 is 0.345 bits per heavy atom. The van der Waals surface area contributed by atoms with E-state index in [9.17, 15) is 43.2 Å². The van der Waals surface area contributed by atoms with E-state index in [2.05, 4.69) is 41.5 Å². The van der Waals surface area contributed by atoms with Gasteiger partial charge < -0.3 is 33.8 Å². The van der Waals surface area contributed by atoms with Gasteiger partial charge in [0.2, 0.25) is 0 Å². The zero-order valence-corrected chi connectivity index (χ0v) is 56.0. The number of hydrogen-bond acceptors (Lipinski definition) is 15. The number of phosphoric ester groups is 2. The highest BCUT2D eigenvalue weighted by atomic mass is 31.2. The van der Waals surface area contributed by atoms with Crippen LogP contribution < -0.4 is 0 Å². The maximum atomic E-state index is 13.0. The molecule has 0 aliphatic heterocycles. The summed E-state index contributed by atoms with van der Waals surface area (Å²) in [5.41, 5.74) is 0. The van der Waals surface area contributed by atoms with Crippen LogP contribution in [0, 0.1) is 11.8 Å². The molecule has 84 heavy (non-hydrogen) atoms. The molecule has 0 saturated carbocycles. The van der Waals surface area contributed by atoms with Gasteiger partial charge in [-0.05, 0) is 37.5 Å². The number of hydrogen-bond donors (Lipinski definition) is 3. The van der Waals surface area contributed by atoms with E-state index in [0.29, 0.717) is 25.7 Å². The van der Waals surface area contributed by atoms with Gasteiger partial charge in [-0.15, -0.1) is 0 Å². The van der Waals surface area contributed by atoms with E-state index < -0.39 is 97.5 Å². The summed E-state index contributed by atoms with van der Waals surface area (Å²) in [5, 5.41) is 10.5. The van der Waals surface area contributed by atoms with Gasteiger partial charge in [0.25, 0.3) is 0 Å². The van der Waals surface area contributed by atoms with Gasteiger partial charge in [0, 0.05) is 25.7 Å². The van der Waals surface area contributed by atoms with Crippen molar-refractivity contribution in [1.82, 2.24) is 0 Å². The number of ether oxygens (including phenoxy) is 4. The Kier molecular flexibility index (Phi) is 56.2. The summed E-state index contributed by atoms with van der Waals surface area (Å²) < 4.78 is 68.0. The summed E-state index contributed by atoms with van der Waals surface area (Å²) >= 11 is 0. The number of aliphatic hydroxyl groups is 1. The lowest BCUT2D eigenvalue weighted by Crippen LogP contribution is -2.30. The van der Waals surface area contributed by atoms with Gasteiger partial charge in [-0.1, -0.05) is 273 Å². The van der Waals surface area contributed by atoms with Crippen LogP contribution in [0.4, 0.5) is 0 Å². The minimum atomic E-state index is -4.95. The highest BCUT2D eigenvalue weighted by Gasteiger charge is 2.30. The number of esters is 4. The number of unbranched alkanes of at least 4 members (excludes halogenated alkanes) is 33. The second kappa shape index (κ2) is 57.5. The Morgan fingerprint density at radius 3 is 0.905 bits per heavy atom. The maximum absolute atomic E-state index is 13.0. The summed E-state index contributed by atoms with van der Waals surface area (Å²) in [4.78, 5) is 72.2. The predicted octanol–water partition coefficient (Wildman–Crippen LogP) is 18.0. The van der Waals surface area contributed by atoms with Gasteiger partial charge in [-0.25, -0.2) is 9.13 Å². The molecule has 19 heteroatoms. The molecule has 0 aliphatic rings. The minimum absolute atomic E-state index is 0.105. The van der Waals surface area contributed by atoms with Crippen molar-refractivity contribution in [2.75, 3.05) is 39.6 Å². The number of rotatable bonds is 64. The van der Waals surface area contributed by atoms with E-state index in [-0.39, 0.29) is 25.7 Å². The molecule has 498 valence electrons. The number of carbonyl (C=O) groups excluding carboxylic acids is 4. The summed E-state index contributed by atoms with van der Waals surface area (Å²) in [6.45, 7) is 9.48. The lowest BCUT2D eigenvalue weighted by molar-refractivity contribution is -0.161. The molecule has 0 aromatic heterocycles. The van der Waals surface area contributed by atoms with Crippen LogP contribution in [0.3, 0.4) is 0 Å². The lowest BCUT2D eigenvalue weighted by Gasteiger charge is -2.21. The van der Waals surface area contributed by atoms with Gasteiger partial charge >= 0.3 is 39.5 Å². The van der Waals surface area contributed by atoms with Crippen LogP contribution in [-0.2, 0) is 65.4 Å². The third-order valence-electron chi connectivity index (χ3n) is 15.3. The first-order valence-electron chi connectivity index (χ1n) is 34.0. The van der Waals surface area contributed by atoms with E-state index in [0.717, 1.165) is 102 Å². The summed E-state index contributed by atoms with van der Waals surface area (Å²) in [6, 6.07) is 0. The minimum Gasteiger partial charge on any atom is -0.462 e. The van der Waals surface area contributed by atoms with Crippen LogP contribution in [0.15, 0.2) is 0 Å². The van der Waals surface area contributed by atoms with Gasteiger partial charge in [0.15, 0.2) is 12.2 Å². The highest BCUT2D eigenvalue weighted by molar-refractivity contribution is 7.47. The molecule has 6 atom stereocenters. The molecule has 3 unspecified atom stereocenters. The molecule has 0 aromatic rings. The van der Waals surface area contributed by atoms with E-state index in [1.165, 1.54) is 141 Å². The molecular weight excluding hydrogens is 1110 g/mol. The van der Waals surface area contributed by atoms with Crippen molar-refractivity contribution in [2.24, 2.45) is 11.8 Å². The Balaban J connectivity index is 5.23. The zero-order chi connectivity index (χ0) is 62.2. The van der Waals surface area contributed by atoms with Gasteiger partial charge in [-0.2, -0.15) is 0 Å². The normalized spacial score (nSPS) is 14.6. The molecule has 17 nitrogen and oxygen atoms in total. The predicted molar refractivity (Wildman–Crippen MR) is 335 cm³/mol. The Morgan fingerprint density at radius 2 is 0.607 bits per heavy atom. The molecule has 0 aliphatic carbocycles. The first kappa shape index (κ1) is 82.1. The molecule has 0 aromatic carbocycles. The summed E-state index contributed by atoms with van der Waals surface area (Å²) in [7, 11) is -9.89. The molecular formula is C65H126O17P2. The summed E-state index contributed by atoms with van der Waals surface area (Å²) in [6.07, 6.45) is 40.2. The van der Waals surface area contributed by atoms with Crippen molar-refractivity contribution in [1.29, 1.82) is 0 Å². The van der Waals surface area contributed by atoms with Crippen molar-refractivity contribution in [3.8, 4) is 0 Å². The molecule has 0 radical (unpaired) electrons. The third-order valence-corrected chi connectivity index (χ3v) is 17.2. The molecule has 0 amide bonds. The van der Waals surface area contributed by atoms with E-state index >= 15 is 0 Å². The maximum Gasteiger partial charge on any atom is 0.472 e. The van der Waals surface area contributed by atoms with Gasteiger partial charge in [0.05, 0.1) is 26.4 Å². The van der Waals surface area contributed by atoms with Crippen LogP contribution in [0.25, 0.3) is 0 Å². The number of carbonyl (C=O) groups is 4. The first-order valence-corrected chi connectivity index (χ1v) is 37.0. The summed E-state index contributed by atoms with van der Waals surface area (Å²) in [5.74, 6) is -0.591. The number of phosphoric acid groups is 2. The molecule has 0 spiro atoms. The van der Waals surface area contributed by atoms with Crippen molar-refractivity contribution in [2.45, 2.75) is 342 Å². The largest absolute Gasteiger partial charge is 0.472 e. The first-order chi connectivity index (χ1) is 40.4. The monoisotopic (exact) mass is 1240 g/mol. The molecule has 3 N–H and O–H groups in total. The van der Waals surface area contributed by atoms with E-state index in [1.54, 1.807) is 0 Å². The lowest BCUT2D eigenvalue weighted by atomic mass is 9.99. The van der Waals surface area contributed by atoms with Crippen LogP contribution >= 0.6 is 15.6 Å². The van der Waals surface area contributed by atoms with E-state index in [1.807, 2.05) is 0 Å². The molecule has 0 fully saturated rings. The topological polar surface area (TPSA) is 237 Å². The smallest absolute Gasteiger partial charge is 0.462 e. The zero-order valence-electron chi connectivity index (χ0n) is 54.2. The van der Waals surface area contributed by atoms with Gasteiger partial charge in [0.1, 0.15) is 19.3 Å². The van der Waals surface area contributed by atoms with Crippen molar-refractivity contribution in [3.63, 3.8) is 0 Å². The average Bonchev–Trinajstić information content (AvgIpc) is 3.52. The van der Waals surface area contributed by atoms with Crippen LogP contribution in [0.2, 0.25) is 0 Å². The standard InChI is InChI=1S/C65H126O17P2/c1-7-10-12-14-16-21-29-35-41-47-62(67)75-53-60(81-64(69)49-43-37-31-22-17-15-13-11-8-2)55-79-83(71,72)77-51-59(66)52-78-84(73,74)80-56-61(54-76-63(68)48-42-36-30-26-25-28-34-40-46-58(6)9-3)82-65(70)50-44-38-32-24-20-18-19-23-27-33-39-45-57(4)5/h57-61,66H,7-56H2,1-6H3,(H,71,72)(H,73,74)/t58?,59-,60+,61+/m0/s1. The van der Waals surface area contributed by atoms with Crippen molar-refractivity contribution in [3.05, 3.63) is 0 Å². The molecule has 0 heterocycles. The van der Waals surface area contributed by atoms with Crippen molar-refractivity contribution >= 4 is 39.5 Å².